The molecule has 4 aromatic rings. The van der Waals surface area contributed by atoms with Crippen molar-refractivity contribution in [1.82, 2.24) is 24.7 Å². The fourth-order valence-electron chi connectivity index (χ4n) is 2.89. The first-order valence-electron chi connectivity index (χ1n) is 8.57. The third kappa shape index (κ3) is 3.94. The van der Waals surface area contributed by atoms with Crippen LogP contribution < -0.4 is 15.2 Å². The van der Waals surface area contributed by atoms with Crippen LogP contribution in [0.15, 0.2) is 49.2 Å². The Labute approximate surface area is 167 Å². The maximum atomic E-state index is 12.4. The van der Waals surface area contributed by atoms with Gasteiger partial charge >= 0.3 is 10.2 Å². The molecule has 0 aliphatic rings. The zero-order chi connectivity index (χ0) is 20.6. The Morgan fingerprint density at radius 1 is 1.14 bits per heavy atom. The number of pyridine rings is 3. The molecule has 0 radical (unpaired) electrons. The predicted octanol–water partition coefficient (Wildman–Crippen LogP) is 2.08. The van der Waals surface area contributed by atoms with Crippen molar-refractivity contribution in [3.05, 3.63) is 54.7 Å². The molecule has 10 nitrogen and oxygen atoms in total. The number of hydrogen-bond acceptors (Lipinski definition) is 7. The molecule has 0 bridgehead atoms. The number of nitrogens with two attached hydrogens (primary N) is 1. The van der Waals surface area contributed by atoms with Crippen molar-refractivity contribution in [2.24, 2.45) is 7.05 Å². The molecule has 0 aliphatic carbocycles. The molecule has 29 heavy (non-hydrogen) atoms. The minimum atomic E-state index is -3.89. The van der Waals surface area contributed by atoms with Crippen LogP contribution in [-0.4, -0.2) is 33.2 Å². The number of hydrogen-bond donors (Lipinski definition) is 3. The third-order valence-electron chi connectivity index (χ3n) is 4.26. The quantitative estimate of drug-likeness (QED) is 0.457. The van der Waals surface area contributed by atoms with E-state index in [4.69, 9.17) is 5.73 Å². The highest BCUT2D eigenvalue weighted by molar-refractivity contribution is 7.94. The first-order valence-corrected chi connectivity index (χ1v) is 10.1. The summed E-state index contributed by atoms with van der Waals surface area (Å²) in [6, 6.07) is 5.31. The van der Waals surface area contributed by atoms with Gasteiger partial charge in [-0.05, 0) is 36.1 Å². The zero-order valence-electron chi connectivity index (χ0n) is 15.7. The summed E-state index contributed by atoms with van der Waals surface area (Å²) in [4.78, 5) is 12.7. The Kier molecular flexibility index (Phi) is 4.51. The van der Waals surface area contributed by atoms with E-state index < -0.39 is 10.2 Å². The number of rotatable bonds is 5. The molecule has 0 saturated carbocycles. The Hall–Kier alpha value is -3.73. The summed E-state index contributed by atoms with van der Waals surface area (Å²) < 4.78 is 31.0. The minimum Gasteiger partial charge on any atom is -0.383 e. The second-order valence-corrected chi connectivity index (χ2v) is 7.90. The number of nitrogens with zero attached hydrogens (tertiary/aromatic N) is 5. The van der Waals surface area contributed by atoms with Crippen molar-refractivity contribution in [3.63, 3.8) is 0 Å². The fourth-order valence-corrected chi connectivity index (χ4v) is 3.75. The molecular weight excluding hydrogens is 392 g/mol. The second-order valence-electron chi connectivity index (χ2n) is 6.48. The Morgan fingerprint density at radius 3 is 2.69 bits per heavy atom. The molecule has 4 N–H and O–H groups in total. The smallest absolute Gasteiger partial charge is 0.322 e. The zero-order valence-corrected chi connectivity index (χ0v) is 16.5. The van der Waals surface area contributed by atoms with Crippen LogP contribution in [0.1, 0.15) is 5.56 Å². The van der Waals surface area contributed by atoms with Gasteiger partial charge < -0.3 is 5.73 Å². The van der Waals surface area contributed by atoms with E-state index in [0.29, 0.717) is 28.0 Å². The number of aromatic nitrogens is 5. The van der Waals surface area contributed by atoms with Crippen LogP contribution in [0.5, 0.6) is 0 Å². The van der Waals surface area contributed by atoms with Gasteiger partial charge in [-0.25, -0.2) is 9.97 Å². The molecule has 0 atom stereocenters. The number of nitrogen functional groups attached to an aromatic ring is 1. The number of aryl methyl sites for hydroxylation is 2. The fraction of sp³-hybridized carbons (Fsp3) is 0.111. The highest BCUT2D eigenvalue weighted by atomic mass is 32.2. The van der Waals surface area contributed by atoms with E-state index in [1.165, 1.54) is 17.1 Å². The summed E-state index contributed by atoms with van der Waals surface area (Å²) >= 11 is 0. The highest BCUT2D eigenvalue weighted by Crippen LogP contribution is 2.28. The summed E-state index contributed by atoms with van der Waals surface area (Å²) in [6.45, 7) is 1.95. The molecule has 0 aromatic carbocycles. The molecule has 11 heteroatoms. The van der Waals surface area contributed by atoms with Gasteiger partial charge in [-0.1, -0.05) is 0 Å². The number of anilines is 3. The normalized spacial score (nSPS) is 11.5. The van der Waals surface area contributed by atoms with Crippen molar-refractivity contribution in [2.45, 2.75) is 6.92 Å². The van der Waals surface area contributed by atoms with Crippen molar-refractivity contribution in [3.8, 4) is 11.3 Å². The van der Waals surface area contributed by atoms with E-state index in [1.54, 1.807) is 31.7 Å². The lowest BCUT2D eigenvalue weighted by Gasteiger charge is -2.11. The van der Waals surface area contributed by atoms with Crippen LogP contribution >= 0.6 is 0 Å². The number of nitrogens with one attached hydrogen (secondary N) is 2. The molecule has 4 rings (SSSR count). The maximum absolute atomic E-state index is 12.4. The third-order valence-corrected chi connectivity index (χ3v) is 5.24. The molecule has 0 spiro atoms. The SMILES string of the molecule is Cc1ccncc1-c1cc2cc(NS(=O)(=O)Nc3cnn(C)c3)ncc2c(N)n1. The van der Waals surface area contributed by atoms with Gasteiger partial charge in [0.2, 0.25) is 0 Å². The summed E-state index contributed by atoms with van der Waals surface area (Å²) in [5.74, 6) is 0.449. The molecule has 0 aliphatic heterocycles. The van der Waals surface area contributed by atoms with Crippen LogP contribution in [0.25, 0.3) is 22.0 Å². The van der Waals surface area contributed by atoms with E-state index in [-0.39, 0.29) is 5.82 Å². The lowest BCUT2D eigenvalue weighted by atomic mass is 10.1. The van der Waals surface area contributed by atoms with E-state index in [0.717, 1.165) is 11.1 Å². The summed E-state index contributed by atoms with van der Waals surface area (Å²) in [7, 11) is -2.20. The molecule has 0 unspecified atom stereocenters. The standard InChI is InChI=1S/C18H18N8O2S/c1-11-3-4-20-8-14(11)16-5-12-6-17(21-9-15(12)18(19)23-16)25-29(27,28)24-13-7-22-26(2)10-13/h3-10,24H,1-2H3,(H2,19,23)(H,21,25). The molecule has 0 fully saturated rings. The van der Waals surface area contributed by atoms with E-state index in [2.05, 4.69) is 29.5 Å². The van der Waals surface area contributed by atoms with E-state index >= 15 is 0 Å². The van der Waals surface area contributed by atoms with Gasteiger partial charge in [-0.15, -0.1) is 0 Å². The van der Waals surface area contributed by atoms with Gasteiger partial charge in [0.25, 0.3) is 0 Å². The van der Waals surface area contributed by atoms with Crippen molar-refractivity contribution in [1.29, 1.82) is 0 Å². The van der Waals surface area contributed by atoms with Crippen LogP contribution in [-0.2, 0) is 17.3 Å². The highest BCUT2D eigenvalue weighted by Gasteiger charge is 2.14. The van der Waals surface area contributed by atoms with E-state index in [1.807, 2.05) is 19.1 Å². The van der Waals surface area contributed by atoms with Crippen LogP contribution in [0.2, 0.25) is 0 Å². The molecule has 0 saturated heterocycles. The molecular formula is C18H18N8O2S. The Balaban J connectivity index is 1.69. The molecule has 4 aromatic heterocycles. The van der Waals surface area contributed by atoms with Crippen LogP contribution in [0, 0.1) is 6.92 Å². The van der Waals surface area contributed by atoms with Gasteiger partial charge in [0.1, 0.15) is 11.6 Å². The van der Waals surface area contributed by atoms with Gasteiger partial charge in [-0.3, -0.25) is 19.1 Å². The monoisotopic (exact) mass is 410 g/mol. The first-order chi connectivity index (χ1) is 13.8. The maximum Gasteiger partial charge on any atom is 0.322 e. The second kappa shape index (κ2) is 7.02. The van der Waals surface area contributed by atoms with Gasteiger partial charge in [0.05, 0.1) is 17.6 Å². The summed E-state index contributed by atoms with van der Waals surface area (Å²) in [5, 5.41) is 5.25. The van der Waals surface area contributed by atoms with Gasteiger partial charge in [0.15, 0.2) is 0 Å². The average Bonchev–Trinajstić information content (AvgIpc) is 3.05. The Bertz CT molecular complexity index is 1320. The summed E-state index contributed by atoms with van der Waals surface area (Å²) in [6.07, 6.45) is 7.85. The molecule has 4 heterocycles. The van der Waals surface area contributed by atoms with Crippen molar-refractivity contribution >= 4 is 38.3 Å². The molecule has 148 valence electrons. The average molecular weight is 410 g/mol. The van der Waals surface area contributed by atoms with E-state index in [9.17, 15) is 8.42 Å². The summed E-state index contributed by atoms with van der Waals surface area (Å²) in [5.41, 5.74) is 8.93. The van der Waals surface area contributed by atoms with Crippen LogP contribution in [0.3, 0.4) is 0 Å². The van der Waals surface area contributed by atoms with Crippen molar-refractivity contribution in [2.75, 3.05) is 15.2 Å². The van der Waals surface area contributed by atoms with Crippen LogP contribution in [0.4, 0.5) is 17.3 Å². The largest absolute Gasteiger partial charge is 0.383 e. The lowest BCUT2D eigenvalue weighted by Crippen LogP contribution is -2.22. The first kappa shape index (κ1) is 18.6. The van der Waals surface area contributed by atoms with Gasteiger partial charge in [0, 0.05) is 42.8 Å². The molecule has 0 amide bonds. The lowest BCUT2D eigenvalue weighted by molar-refractivity contribution is 0.606. The van der Waals surface area contributed by atoms with Crippen molar-refractivity contribution < 1.29 is 8.42 Å². The van der Waals surface area contributed by atoms with Gasteiger partial charge in [-0.2, -0.15) is 13.5 Å². The topological polar surface area (TPSA) is 141 Å². The predicted molar refractivity (Wildman–Crippen MR) is 111 cm³/mol. The minimum absolute atomic E-state index is 0.147. The number of fused-ring (bicyclic) bond motifs is 1. The Morgan fingerprint density at radius 2 is 1.97 bits per heavy atom.